The molecule has 0 bridgehead atoms. The van der Waals surface area contributed by atoms with Crippen molar-refractivity contribution in [2.75, 3.05) is 6.61 Å². The first-order chi connectivity index (χ1) is 8.79. The minimum absolute atomic E-state index is 0.0111. The number of amides is 1. The Morgan fingerprint density at radius 3 is 2.56 bits per heavy atom. The number of carbonyl (C=O) groups is 1. The normalized spacial score (nSPS) is 23.6. The van der Waals surface area contributed by atoms with E-state index in [2.05, 4.69) is 10.3 Å². The molecule has 1 aromatic rings. The Morgan fingerprint density at radius 2 is 1.94 bits per heavy atom. The Hall–Kier alpha value is -1.42. The molecule has 1 fully saturated rings. The summed E-state index contributed by atoms with van der Waals surface area (Å²) in [5.74, 6) is 0.618. The van der Waals surface area contributed by atoms with Crippen LogP contribution in [-0.4, -0.2) is 28.6 Å². The van der Waals surface area contributed by atoms with E-state index >= 15 is 0 Å². The van der Waals surface area contributed by atoms with Crippen LogP contribution in [0.25, 0.3) is 0 Å². The van der Waals surface area contributed by atoms with E-state index in [9.17, 15) is 4.79 Å². The average Bonchev–Trinajstić information content (AvgIpc) is 2.42. The minimum atomic E-state index is -0.0111. The number of pyridine rings is 1. The van der Waals surface area contributed by atoms with Crippen LogP contribution in [0.5, 0.6) is 0 Å². The lowest BCUT2D eigenvalue weighted by Gasteiger charge is -2.28. The van der Waals surface area contributed by atoms with Gasteiger partial charge >= 0.3 is 0 Å². The van der Waals surface area contributed by atoms with Crippen LogP contribution in [0.3, 0.4) is 0 Å². The molecule has 0 aromatic carbocycles. The summed E-state index contributed by atoms with van der Waals surface area (Å²) in [5.41, 5.74) is 0.669. The number of hydrogen-bond donors (Lipinski definition) is 2. The largest absolute Gasteiger partial charge is 0.396 e. The summed E-state index contributed by atoms with van der Waals surface area (Å²) in [6.07, 6.45) is 8.39. The van der Waals surface area contributed by atoms with Gasteiger partial charge < -0.3 is 10.4 Å². The van der Waals surface area contributed by atoms with Crippen molar-refractivity contribution < 1.29 is 9.90 Å². The molecule has 4 nitrogen and oxygen atoms in total. The fourth-order valence-electron chi connectivity index (χ4n) is 2.55. The summed E-state index contributed by atoms with van der Waals surface area (Å²) in [6.45, 7) is 0.276. The van der Waals surface area contributed by atoms with Gasteiger partial charge in [-0.1, -0.05) is 0 Å². The van der Waals surface area contributed by atoms with Gasteiger partial charge in [-0.2, -0.15) is 0 Å². The van der Waals surface area contributed by atoms with E-state index in [4.69, 9.17) is 5.11 Å². The van der Waals surface area contributed by atoms with Crippen LogP contribution in [0.4, 0.5) is 0 Å². The molecule has 0 spiro atoms. The summed E-state index contributed by atoms with van der Waals surface area (Å²) in [6, 6.07) is 3.74. The summed E-state index contributed by atoms with van der Waals surface area (Å²) in [4.78, 5) is 15.8. The van der Waals surface area contributed by atoms with Crippen molar-refractivity contribution in [3.8, 4) is 0 Å². The first kappa shape index (κ1) is 13.0. The number of rotatable bonds is 4. The molecule has 0 atom stereocenters. The van der Waals surface area contributed by atoms with Crippen LogP contribution < -0.4 is 5.32 Å². The van der Waals surface area contributed by atoms with Gasteiger partial charge in [0, 0.05) is 30.6 Å². The van der Waals surface area contributed by atoms with Crippen LogP contribution >= 0.6 is 0 Å². The van der Waals surface area contributed by atoms with Crippen molar-refractivity contribution in [3.05, 3.63) is 30.1 Å². The fourth-order valence-corrected chi connectivity index (χ4v) is 2.55. The molecule has 4 heteroatoms. The van der Waals surface area contributed by atoms with Crippen molar-refractivity contribution in [1.82, 2.24) is 10.3 Å². The molecule has 0 saturated heterocycles. The molecule has 18 heavy (non-hydrogen) atoms. The lowest BCUT2D eigenvalue weighted by Crippen LogP contribution is -2.37. The van der Waals surface area contributed by atoms with Crippen molar-refractivity contribution in [2.45, 2.75) is 38.1 Å². The first-order valence-electron chi connectivity index (χ1n) is 6.61. The zero-order valence-corrected chi connectivity index (χ0v) is 10.5. The van der Waals surface area contributed by atoms with Gasteiger partial charge in [0.15, 0.2) is 0 Å². The SMILES string of the molecule is O=C(NC1CCC(CCO)CC1)c1ccncc1. The van der Waals surface area contributed by atoms with Crippen LogP contribution in [-0.2, 0) is 0 Å². The molecule has 0 aliphatic heterocycles. The highest BCUT2D eigenvalue weighted by atomic mass is 16.3. The monoisotopic (exact) mass is 248 g/mol. The summed E-state index contributed by atoms with van der Waals surface area (Å²) >= 11 is 0. The number of nitrogens with one attached hydrogen (secondary N) is 1. The number of aliphatic hydroxyl groups is 1. The average molecular weight is 248 g/mol. The van der Waals surface area contributed by atoms with Crippen molar-refractivity contribution in [2.24, 2.45) is 5.92 Å². The quantitative estimate of drug-likeness (QED) is 0.853. The lowest BCUT2D eigenvalue weighted by molar-refractivity contribution is 0.0918. The molecule has 1 aromatic heterocycles. The number of aromatic nitrogens is 1. The van der Waals surface area contributed by atoms with E-state index in [0.29, 0.717) is 11.5 Å². The molecule has 1 aliphatic rings. The van der Waals surface area contributed by atoms with Gasteiger partial charge in [-0.25, -0.2) is 0 Å². The molecule has 2 rings (SSSR count). The third-order valence-corrected chi connectivity index (χ3v) is 3.66. The van der Waals surface area contributed by atoms with Crippen molar-refractivity contribution in [3.63, 3.8) is 0 Å². The van der Waals surface area contributed by atoms with E-state index in [0.717, 1.165) is 32.1 Å². The standard InChI is InChI=1S/C14H20N2O2/c17-10-7-11-1-3-13(4-2-11)16-14(18)12-5-8-15-9-6-12/h5-6,8-9,11,13,17H,1-4,7,10H2,(H,16,18). The molecule has 1 saturated carbocycles. The highest BCUT2D eigenvalue weighted by molar-refractivity contribution is 5.94. The predicted molar refractivity (Wildman–Crippen MR) is 69.2 cm³/mol. The minimum Gasteiger partial charge on any atom is -0.396 e. The molecule has 98 valence electrons. The lowest BCUT2D eigenvalue weighted by atomic mass is 9.84. The summed E-state index contributed by atoms with van der Waals surface area (Å²) in [5, 5.41) is 12.0. The maximum absolute atomic E-state index is 11.9. The molecular weight excluding hydrogens is 228 g/mol. The van der Waals surface area contributed by atoms with Crippen LogP contribution in [0, 0.1) is 5.92 Å². The van der Waals surface area contributed by atoms with E-state index in [-0.39, 0.29) is 18.6 Å². The third kappa shape index (κ3) is 3.53. The van der Waals surface area contributed by atoms with Crippen molar-refractivity contribution in [1.29, 1.82) is 0 Å². The maximum atomic E-state index is 11.9. The van der Waals surface area contributed by atoms with E-state index in [1.165, 1.54) is 0 Å². The molecule has 2 N–H and O–H groups in total. The van der Waals surface area contributed by atoms with E-state index in [1.807, 2.05) is 0 Å². The van der Waals surface area contributed by atoms with Crippen LogP contribution in [0.15, 0.2) is 24.5 Å². The Bertz CT molecular complexity index is 373. The third-order valence-electron chi connectivity index (χ3n) is 3.66. The van der Waals surface area contributed by atoms with E-state index < -0.39 is 0 Å². The number of nitrogens with zero attached hydrogens (tertiary/aromatic N) is 1. The Kier molecular flexibility index (Phi) is 4.70. The Labute approximate surface area is 107 Å². The van der Waals surface area contributed by atoms with Gasteiger partial charge in [0.1, 0.15) is 0 Å². The molecule has 1 amide bonds. The zero-order valence-electron chi connectivity index (χ0n) is 10.5. The van der Waals surface area contributed by atoms with Gasteiger partial charge in [-0.3, -0.25) is 9.78 Å². The number of carbonyl (C=O) groups excluding carboxylic acids is 1. The molecule has 1 heterocycles. The van der Waals surface area contributed by atoms with Gasteiger partial charge in [0.25, 0.3) is 5.91 Å². The van der Waals surface area contributed by atoms with Gasteiger partial charge in [-0.05, 0) is 50.2 Å². The van der Waals surface area contributed by atoms with Gasteiger partial charge in [-0.15, -0.1) is 0 Å². The first-order valence-corrected chi connectivity index (χ1v) is 6.61. The zero-order chi connectivity index (χ0) is 12.8. The van der Waals surface area contributed by atoms with Crippen molar-refractivity contribution >= 4 is 5.91 Å². The summed E-state index contributed by atoms with van der Waals surface area (Å²) in [7, 11) is 0. The molecule has 1 aliphatic carbocycles. The second kappa shape index (κ2) is 6.50. The highest BCUT2D eigenvalue weighted by Crippen LogP contribution is 2.26. The van der Waals surface area contributed by atoms with Crippen LogP contribution in [0.2, 0.25) is 0 Å². The highest BCUT2D eigenvalue weighted by Gasteiger charge is 2.22. The number of aliphatic hydroxyl groups excluding tert-OH is 1. The predicted octanol–water partition coefficient (Wildman–Crippen LogP) is 1.75. The summed E-state index contributed by atoms with van der Waals surface area (Å²) < 4.78 is 0. The number of hydrogen-bond acceptors (Lipinski definition) is 3. The second-order valence-corrected chi connectivity index (χ2v) is 4.94. The molecule has 0 unspecified atom stereocenters. The fraction of sp³-hybridized carbons (Fsp3) is 0.571. The van der Waals surface area contributed by atoms with Gasteiger partial charge in [0.05, 0.1) is 0 Å². The maximum Gasteiger partial charge on any atom is 0.251 e. The van der Waals surface area contributed by atoms with Gasteiger partial charge in [0.2, 0.25) is 0 Å². The second-order valence-electron chi connectivity index (χ2n) is 4.94. The molecule has 0 radical (unpaired) electrons. The van der Waals surface area contributed by atoms with E-state index in [1.54, 1.807) is 24.5 Å². The van der Waals surface area contributed by atoms with Crippen LogP contribution in [0.1, 0.15) is 42.5 Å². The molecular formula is C14H20N2O2. The topological polar surface area (TPSA) is 62.2 Å². The Morgan fingerprint density at radius 1 is 1.28 bits per heavy atom. The Balaban J connectivity index is 1.80. The smallest absolute Gasteiger partial charge is 0.251 e.